The molecule has 40 heavy (non-hydrogen) atoms. The molecule has 1 fully saturated rings. The first-order chi connectivity index (χ1) is 19.1. The van der Waals surface area contributed by atoms with Crippen molar-refractivity contribution in [2.75, 3.05) is 17.7 Å². The van der Waals surface area contributed by atoms with Gasteiger partial charge in [-0.05, 0) is 63.6 Å². The molecule has 3 aromatic heterocycles. The number of nitrogens with zero attached hydrogens (tertiary/aromatic N) is 5. The number of hydrogen-bond acceptors (Lipinski definition) is 7. The van der Waals surface area contributed by atoms with E-state index in [1.54, 1.807) is 25.4 Å². The molecule has 3 N–H and O–H groups in total. The highest BCUT2D eigenvalue weighted by molar-refractivity contribution is 6.04. The predicted molar refractivity (Wildman–Crippen MR) is 151 cm³/mol. The summed E-state index contributed by atoms with van der Waals surface area (Å²) < 4.78 is 40.6. The van der Waals surface area contributed by atoms with Gasteiger partial charge in [0.2, 0.25) is 5.91 Å². The Morgan fingerprint density at radius 2 is 1.90 bits per heavy atom. The Labute approximate surface area is 231 Å². The number of nitrogens with one attached hydrogen (secondary N) is 1. The van der Waals surface area contributed by atoms with Crippen LogP contribution in [0.3, 0.4) is 0 Å². The molecule has 11 heteroatoms. The van der Waals surface area contributed by atoms with Crippen molar-refractivity contribution in [2.24, 2.45) is 10.9 Å². The van der Waals surface area contributed by atoms with Gasteiger partial charge >= 0.3 is 6.18 Å². The van der Waals surface area contributed by atoms with E-state index in [1.807, 2.05) is 6.92 Å². The average Bonchev–Trinajstić information content (AvgIpc) is 2.91. The van der Waals surface area contributed by atoms with Crippen LogP contribution in [0.2, 0.25) is 0 Å². The molecule has 0 aromatic carbocycles. The molecule has 0 radical (unpaired) electrons. The normalized spacial score (nSPS) is 21.8. The molecule has 3 unspecified atom stereocenters. The van der Waals surface area contributed by atoms with Crippen molar-refractivity contribution in [1.29, 1.82) is 0 Å². The number of carbonyl (C=O) groups is 1. The van der Waals surface area contributed by atoms with Crippen molar-refractivity contribution in [3.8, 4) is 11.3 Å². The Morgan fingerprint density at radius 1 is 1.12 bits per heavy atom. The Bertz CT molecular complexity index is 1460. The summed E-state index contributed by atoms with van der Waals surface area (Å²) in [6.45, 7) is 4.13. The highest BCUT2D eigenvalue weighted by Gasteiger charge is 2.35. The van der Waals surface area contributed by atoms with Crippen molar-refractivity contribution >= 4 is 39.8 Å². The molecule has 8 nitrogen and oxygen atoms in total. The minimum atomic E-state index is -4.63. The number of anilines is 2. The summed E-state index contributed by atoms with van der Waals surface area (Å²) in [7, 11) is 1.67. The number of rotatable bonds is 4. The lowest BCUT2D eigenvalue weighted by atomic mass is 9.85. The maximum Gasteiger partial charge on any atom is 0.419 e. The molecule has 1 amide bonds. The van der Waals surface area contributed by atoms with Gasteiger partial charge in [0.05, 0.1) is 34.7 Å². The molecular formula is C29H34F3N7O. The highest BCUT2D eigenvalue weighted by atomic mass is 19.4. The maximum atomic E-state index is 13.5. The van der Waals surface area contributed by atoms with Crippen molar-refractivity contribution < 1.29 is 18.0 Å². The van der Waals surface area contributed by atoms with Crippen LogP contribution in [-0.4, -0.2) is 45.7 Å². The van der Waals surface area contributed by atoms with E-state index < -0.39 is 17.6 Å². The first kappa shape index (κ1) is 27.8. The predicted octanol–water partition coefficient (Wildman–Crippen LogP) is 6.07. The minimum Gasteiger partial charge on any atom is -0.383 e. The van der Waals surface area contributed by atoms with E-state index in [0.29, 0.717) is 34.8 Å². The quantitative estimate of drug-likeness (QED) is 0.406. The lowest BCUT2D eigenvalue weighted by Gasteiger charge is -2.43. The smallest absolute Gasteiger partial charge is 0.383 e. The summed E-state index contributed by atoms with van der Waals surface area (Å²) in [6.07, 6.45) is 4.94. The molecule has 0 saturated heterocycles. The second kappa shape index (κ2) is 11.0. The Morgan fingerprint density at radius 3 is 2.65 bits per heavy atom. The number of pyridine rings is 3. The zero-order chi connectivity index (χ0) is 28.6. The van der Waals surface area contributed by atoms with Gasteiger partial charge in [-0.1, -0.05) is 12.8 Å². The third-order valence-electron chi connectivity index (χ3n) is 8.22. The van der Waals surface area contributed by atoms with Crippen LogP contribution in [0.15, 0.2) is 35.6 Å². The van der Waals surface area contributed by atoms with Crippen LogP contribution in [0.5, 0.6) is 0 Å². The van der Waals surface area contributed by atoms with Crippen LogP contribution in [0.25, 0.3) is 22.3 Å². The van der Waals surface area contributed by atoms with Crippen molar-refractivity contribution in [3.05, 3.63) is 36.2 Å². The van der Waals surface area contributed by atoms with Gasteiger partial charge in [0.15, 0.2) is 0 Å². The number of nitrogens with two attached hydrogens (primary N) is 1. The second-order valence-electron chi connectivity index (χ2n) is 10.8. The summed E-state index contributed by atoms with van der Waals surface area (Å²) in [4.78, 5) is 32.5. The van der Waals surface area contributed by atoms with Gasteiger partial charge in [-0.3, -0.25) is 14.8 Å². The Hall–Kier alpha value is -3.76. The largest absolute Gasteiger partial charge is 0.419 e. The molecule has 0 bridgehead atoms. The first-order valence-corrected chi connectivity index (χ1v) is 13.7. The van der Waals surface area contributed by atoms with Gasteiger partial charge in [-0.15, -0.1) is 0 Å². The summed E-state index contributed by atoms with van der Waals surface area (Å²) >= 11 is 0. The van der Waals surface area contributed by atoms with Crippen LogP contribution in [-0.2, 0) is 11.0 Å². The second-order valence-corrected chi connectivity index (χ2v) is 10.8. The van der Waals surface area contributed by atoms with E-state index in [1.165, 1.54) is 6.20 Å². The minimum absolute atomic E-state index is 0.000366. The fourth-order valence-corrected chi connectivity index (χ4v) is 5.94. The molecule has 5 rings (SSSR count). The van der Waals surface area contributed by atoms with Gasteiger partial charge in [-0.2, -0.15) is 13.2 Å². The maximum absolute atomic E-state index is 13.5. The van der Waals surface area contributed by atoms with Crippen molar-refractivity contribution in [1.82, 2.24) is 20.3 Å². The van der Waals surface area contributed by atoms with Crippen molar-refractivity contribution in [3.63, 3.8) is 0 Å². The summed E-state index contributed by atoms with van der Waals surface area (Å²) in [5, 5.41) is 2.75. The fraction of sp³-hybridized carbons (Fsp3) is 0.483. The molecule has 3 atom stereocenters. The molecule has 3 aromatic rings. The number of nitrogen functional groups attached to an aromatic ring is 1. The van der Waals surface area contributed by atoms with Gasteiger partial charge in [0.25, 0.3) is 0 Å². The summed E-state index contributed by atoms with van der Waals surface area (Å²) in [5.74, 6) is -0.168. The van der Waals surface area contributed by atoms with Crippen LogP contribution in [0, 0.1) is 5.92 Å². The molecule has 2 aliphatic rings. The topological polar surface area (TPSA) is 109 Å². The van der Waals surface area contributed by atoms with Crippen LogP contribution < -0.4 is 16.0 Å². The number of fused-ring (bicyclic) bond motifs is 3. The number of aromatic nitrogens is 3. The zero-order valence-electron chi connectivity index (χ0n) is 22.9. The summed E-state index contributed by atoms with van der Waals surface area (Å²) in [5.41, 5.74) is 8.84. The monoisotopic (exact) mass is 553 g/mol. The standard InChI is InChI=1S/C29H34F3N7O/c1-16-17(2)39(20-7-5-4-6-18(8-9-20)12-25(40)34-3)27-24(37-16)15-35-23-11-10-22(38-26(23)27)19-13-21(29(30,31)32)28(33)36-14-19/h10-11,13-15,17-18,20H,4-9,12H2,1-3H3,(H2,33,36)(H,34,40). The van der Waals surface area contributed by atoms with Gasteiger partial charge in [0, 0.05) is 37.0 Å². The lowest BCUT2D eigenvalue weighted by molar-refractivity contribution is -0.137. The molecular weight excluding hydrogens is 519 g/mol. The van der Waals surface area contributed by atoms with E-state index in [0.717, 1.165) is 56.0 Å². The van der Waals surface area contributed by atoms with E-state index in [-0.39, 0.29) is 23.6 Å². The molecule has 1 aliphatic heterocycles. The third-order valence-corrected chi connectivity index (χ3v) is 8.22. The number of carbonyl (C=O) groups excluding carboxylic acids is 1. The number of hydrogen-bond donors (Lipinski definition) is 2. The number of aliphatic imine (C=N–C) groups is 1. The van der Waals surface area contributed by atoms with Gasteiger partial charge < -0.3 is 16.0 Å². The SMILES string of the molecule is CNC(=O)CC1CCCCC(N2c3c(cnc4ccc(-c5cnc(N)c(C(F)(F)F)c5)nc34)N=C(C)C2C)CC1. The number of alkyl halides is 3. The van der Waals surface area contributed by atoms with Gasteiger partial charge in [-0.25, -0.2) is 9.97 Å². The van der Waals surface area contributed by atoms with Crippen LogP contribution in [0.4, 0.5) is 30.4 Å². The van der Waals surface area contributed by atoms with E-state index in [2.05, 4.69) is 27.1 Å². The van der Waals surface area contributed by atoms with Gasteiger partial charge in [0.1, 0.15) is 17.0 Å². The third kappa shape index (κ3) is 5.46. The zero-order valence-corrected chi connectivity index (χ0v) is 22.9. The summed E-state index contributed by atoms with van der Waals surface area (Å²) in [6, 6.07) is 4.61. The van der Waals surface area contributed by atoms with E-state index >= 15 is 0 Å². The lowest BCUT2D eigenvalue weighted by Crippen LogP contribution is -2.47. The van der Waals surface area contributed by atoms with E-state index in [9.17, 15) is 18.0 Å². The molecule has 4 heterocycles. The fourth-order valence-electron chi connectivity index (χ4n) is 5.94. The van der Waals surface area contributed by atoms with Crippen molar-refractivity contribution in [2.45, 2.75) is 77.1 Å². The molecule has 0 spiro atoms. The Kier molecular flexibility index (Phi) is 7.65. The van der Waals surface area contributed by atoms with Crippen LogP contribution in [0.1, 0.15) is 64.4 Å². The first-order valence-electron chi connectivity index (χ1n) is 13.7. The molecule has 1 saturated carbocycles. The van der Waals surface area contributed by atoms with Crippen LogP contribution >= 0.6 is 0 Å². The highest BCUT2D eigenvalue weighted by Crippen LogP contribution is 2.43. The molecule has 212 valence electrons. The number of halogens is 3. The molecule has 1 aliphatic carbocycles. The van der Waals surface area contributed by atoms with E-state index in [4.69, 9.17) is 15.7 Å². The average molecular weight is 554 g/mol. The number of amides is 1. The Balaban J connectivity index is 1.58.